The molecule has 0 radical (unpaired) electrons. The van der Waals surface area contributed by atoms with Gasteiger partial charge in [0.1, 0.15) is 5.82 Å². The predicted octanol–water partition coefficient (Wildman–Crippen LogP) is 2.01. The maximum absolute atomic E-state index is 13.9. The first kappa shape index (κ1) is 14.5. The van der Waals surface area contributed by atoms with E-state index in [-0.39, 0.29) is 18.0 Å². The monoisotopic (exact) mass is 274 g/mol. The minimum Gasteiger partial charge on any atom is -0.339 e. The van der Waals surface area contributed by atoms with Gasteiger partial charge < -0.3 is 10.6 Å². The van der Waals surface area contributed by atoms with Crippen molar-refractivity contribution in [1.29, 1.82) is 0 Å². The van der Waals surface area contributed by atoms with Crippen molar-refractivity contribution in [1.82, 2.24) is 4.90 Å². The topological polar surface area (TPSA) is 46.3 Å². The van der Waals surface area contributed by atoms with Crippen molar-refractivity contribution in [3.05, 3.63) is 35.1 Å². The van der Waals surface area contributed by atoms with E-state index < -0.39 is 5.82 Å². The van der Waals surface area contributed by atoms with Gasteiger partial charge in [0.25, 0.3) is 5.91 Å². The van der Waals surface area contributed by atoms with Crippen LogP contribution in [-0.2, 0) is 0 Å². The quantitative estimate of drug-likeness (QED) is 0.854. The fourth-order valence-corrected chi connectivity index (χ4v) is 2.06. The highest BCUT2D eigenvalue weighted by Gasteiger charge is 2.27. The number of hydrogen-bond acceptors (Lipinski definition) is 2. The molecule has 1 fully saturated rings. The third-order valence-corrected chi connectivity index (χ3v) is 3.38. The smallest absolute Gasteiger partial charge is 0.256 e. The minimum absolute atomic E-state index is 0.0938. The SMILES string of the molecule is CCN(CC1CC1)C(=O)c1cc(C#CCN)ccc1F. The van der Waals surface area contributed by atoms with E-state index >= 15 is 0 Å². The van der Waals surface area contributed by atoms with Gasteiger partial charge in [-0.25, -0.2) is 4.39 Å². The Bertz CT molecular complexity index is 555. The van der Waals surface area contributed by atoms with Crippen LogP contribution in [0.15, 0.2) is 18.2 Å². The minimum atomic E-state index is -0.498. The average molecular weight is 274 g/mol. The summed E-state index contributed by atoms with van der Waals surface area (Å²) in [5.41, 5.74) is 6.02. The van der Waals surface area contributed by atoms with Gasteiger partial charge in [-0.15, -0.1) is 0 Å². The Hall–Kier alpha value is -1.86. The molecule has 1 aromatic carbocycles. The van der Waals surface area contributed by atoms with Gasteiger partial charge in [-0.2, -0.15) is 0 Å². The van der Waals surface area contributed by atoms with E-state index in [0.717, 1.165) is 12.8 Å². The van der Waals surface area contributed by atoms with Gasteiger partial charge >= 0.3 is 0 Å². The number of carbonyl (C=O) groups excluding carboxylic acids is 1. The molecule has 0 atom stereocenters. The van der Waals surface area contributed by atoms with E-state index in [2.05, 4.69) is 11.8 Å². The fourth-order valence-electron chi connectivity index (χ4n) is 2.06. The predicted molar refractivity (Wildman–Crippen MR) is 76.6 cm³/mol. The Balaban J connectivity index is 2.22. The van der Waals surface area contributed by atoms with E-state index in [1.54, 1.807) is 11.0 Å². The summed E-state index contributed by atoms with van der Waals surface area (Å²) in [6.07, 6.45) is 2.32. The molecule has 3 nitrogen and oxygen atoms in total. The molecule has 0 aliphatic heterocycles. The van der Waals surface area contributed by atoms with Crippen molar-refractivity contribution in [2.75, 3.05) is 19.6 Å². The third-order valence-electron chi connectivity index (χ3n) is 3.38. The summed E-state index contributed by atoms with van der Waals surface area (Å²) in [6.45, 7) is 3.46. The first-order valence-corrected chi connectivity index (χ1v) is 6.93. The summed E-state index contributed by atoms with van der Waals surface area (Å²) < 4.78 is 13.9. The number of hydrogen-bond donors (Lipinski definition) is 1. The molecule has 1 amide bonds. The summed E-state index contributed by atoms with van der Waals surface area (Å²) in [5, 5.41) is 0. The number of nitrogens with zero attached hydrogens (tertiary/aromatic N) is 1. The molecule has 0 bridgehead atoms. The van der Waals surface area contributed by atoms with Crippen LogP contribution in [0.4, 0.5) is 4.39 Å². The van der Waals surface area contributed by atoms with Crippen LogP contribution >= 0.6 is 0 Å². The first-order chi connectivity index (χ1) is 9.65. The zero-order valence-corrected chi connectivity index (χ0v) is 11.7. The summed E-state index contributed by atoms with van der Waals surface area (Å²) in [6, 6.07) is 4.36. The third kappa shape index (κ3) is 3.58. The van der Waals surface area contributed by atoms with Crippen molar-refractivity contribution >= 4 is 5.91 Å². The van der Waals surface area contributed by atoms with Crippen LogP contribution in [0, 0.1) is 23.6 Å². The lowest BCUT2D eigenvalue weighted by Gasteiger charge is -2.21. The van der Waals surface area contributed by atoms with Crippen LogP contribution in [0.25, 0.3) is 0 Å². The standard InChI is InChI=1S/C16H19FN2O/c1-2-19(11-13-5-6-13)16(20)14-10-12(4-3-9-18)7-8-15(14)17/h7-8,10,13H,2,5-6,9,11,18H2,1H3. The first-order valence-electron chi connectivity index (χ1n) is 6.93. The lowest BCUT2D eigenvalue weighted by atomic mass is 10.1. The highest BCUT2D eigenvalue weighted by atomic mass is 19.1. The van der Waals surface area contributed by atoms with Crippen LogP contribution in [0.5, 0.6) is 0 Å². The molecule has 106 valence electrons. The zero-order chi connectivity index (χ0) is 14.5. The van der Waals surface area contributed by atoms with Crippen molar-refractivity contribution < 1.29 is 9.18 Å². The number of halogens is 1. The molecule has 0 spiro atoms. The highest BCUT2D eigenvalue weighted by molar-refractivity contribution is 5.94. The molecule has 0 aromatic heterocycles. The van der Waals surface area contributed by atoms with Crippen LogP contribution in [0.1, 0.15) is 35.7 Å². The number of benzene rings is 1. The van der Waals surface area contributed by atoms with Crippen molar-refractivity contribution in [3.8, 4) is 11.8 Å². The number of nitrogens with two attached hydrogens (primary N) is 1. The van der Waals surface area contributed by atoms with Crippen LogP contribution in [0.2, 0.25) is 0 Å². The summed E-state index contributed by atoms with van der Waals surface area (Å²) in [7, 11) is 0. The van der Waals surface area contributed by atoms with Gasteiger partial charge in [-0.05, 0) is 43.9 Å². The second-order valence-corrected chi connectivity index (χ2v) is 4.99. The summed E-state index contributed by atoms with van der Waals surface area (Å²) in [4.78, 5) is 14.1. The second kappa shape index (κ2) is 6.53. The van der Waals surface area contributed by atoms with E-state index in [4.69, 9.17) is 5.73 Å². The largest absolute Gasteiger partial charge is 0.339 e. The lowest BCUT2D eigenvalue weighted by Crippen LogP contribution is -2.33. The molecule has 0 heterocycles. The number of amides is 1. The van der Waals surface area contributed by atoms with Gasteiger partial charge in [0, 0.05) is 18.7 Å². The van der Waals surface area contributed by atoms with Crippen LogP contribution < -0.4 is 5.73 Å². The Morgan fingerprint density at radius 2 is 2.25 bits per heavy atom. The molecular weight excluding hydrogens is 255 g/mol. The average Bonchev–Trinajstić information content (AvgIpc) is 3.27. The number of rotatable bonds is 4. The normalized spacial score (nSPS) is 13.6. The van der Waals surface area contributed by atoms with Crippen molar-refractivity contribution in [2.24, 2.45) is 11.7 Å². The van der Waals surface area contributed by atoms with E-state index in [0.29, 0.717) is 24.6 Å². The van der Waals surface area contributed by atoms with E-state index in [1.165, 1.54) is 12.1 Å². The molecule has 4 heteroatoms. The molecule has 1 aliphatic rings. The molecule has 1 saturated carbocycles. The second-order valence-electron chi connectivity index (χ2n) is 4.99. The van der Waals surface area contributed by atoms with Gasteiger partial charge in [-0.1, -0.05) is 11.8 Å². The molecule has 1 aromatic rings. The Morgan fingerprint density at radius 3 is 2.85 bits per heavy atom. The Morgan fingerprint density at radius 1 is 1.50 bits per heavy atom. The maximum Gasteiger partial charge on any atom is 0.256 e. The van der Waals surface area contributed by atoms with Gasteiger partial charge in [0.05, 0.1) is 12.1 Å². The lowest BCUT2D eigenvalue weighted by molar-refractivity contribution is 0.0752. The molecule has 2 N–H and O–H groups in total. The summed E-state index contributed by atoms with van der Waals surface area (Å²) in [5.74, 6) is 5.36. The van der Waals surface area contributed by atoms with Crippen molar-refractivity contribution in [3.63, 3.8) is 0 Å². The van der Waals surface area contributed by atoms with E-state index in [9.17, 15) is 9.18 Å². The molecule has 1 aliphatic carbocycles. The Labute approximate surface area is 119 Å². The fraction of sp³-hybridized carbons (Fsp3) is 0.438. The number of carbonyl (C=O) groups is 1. The molecule has 20 heavy (non-hydrogen) atoms. The zero-order valence-electron chi connectivity index (χ0n) is 11.7. The van der Waals surface area contributed by atoms with Crippen molar-refractivity contribution in [2.45, 2.75) is 19.8 Å². The maximum atomic E-state index is 13.9. The van der Waals surface area contributed by atoms with Gasteiger partial charge in [0.15, 0.2) is 0 Å². The van der Waals surface area contributed by atoms with Crippen LogP contribution in [-0.4, -0.2) is 30.4 Å². The highest BCUT2D eigenvalue weighted by Crippen LogP contribution is 2.30. The Kier molecular flexibility index (Phi) is 4.75. The van der Waals surface area contributed by atoms with Gasteiger partial charge in [-0.3, -0.25) is 4.79 Å². The van der Waals surface area contributed by atoms with Gasteiger partial charge in [0.2, 0.25) is 0 Å². The molecular formula is C16H19FN2O. The molecule has 0 saturated heterocycles. The summed E-state index contributed by atoms with van der Waals surface area (Å²) >= 11 is 0. The van der Waals surface area contributed by atoms with Crippen LogP contribution in [0.3, 0.4) is 0 Å². The van der Waals surface area contributed by atoms with E-state index in [1.807, 2.05) is 6.92 Å². The molecule has 2 rings (SSSR count). The molecule has 0 unspecified atom stereocenters.